The second kappa shape index (κ2) is 5.47. The largest absolute Gasteiger partial charge is 0.398 e. The summed E-state index contributed by atoms with van der Waals surface area (Å²) in [4.78, 5) is -0.241. The Balaban J connectivity index is 2.43. The Bertz CT molecular complexity index is 766. The fourth-order valence-corrected chi connectivity index (χ4v) is 3.12. The Morgan fingerprint density at radius 1 is 1.10 bits per heavy atom. The number of rotatable bonds is 3. The Morgan fingerprint density at radius 3 is 2.45 bits per heavy atom. The van der Waals surface area contributed by atoms with Crippen molar-refractivity contribution in [2.24, 2.45) is 0 Å². The van der Waals surface area contributed by atoms with Crippen LogP contribution in [-0.4, -0.2) is 8.42 Å². The van der Waals surface area contributed by atoms with Crippen LogP contribution in [-0.2, 0) is 10.0 Å². The van der Waals surface area contributed by atoms with Crippen LogP contribution in [0.3, 0.4) is 0 Å². The summed E-state index contributed by atoms with van der Waals surface area (Å²) >= 11 is 11.7. The van der Waals surface area contributed by atoms with E-state index in [0.29, 0.717) is 5.02 Å². The van der Waals surface area contributed by atoms with Crippen LogP contribution in [0.2, 0.25) is 10.0 Å². The van der Waals surface area contributed by atoms with Gasteiger partial charge >= 0.3 is 0 Å². The highest BCUT2D eigenvalue weighted by molar-refractivity contribution is 7.92. The molecule has 2 rings (SSSR count). The molecule has 2 aromatic carbocycles. The fourth-order valence-electron chi connectivity index (χ4n) is 1.54. The van der Waals surface area contributed by atoms with E-state index in [0.717, 1.165) is 18.2 Å². The molecule has 20 heavy (non-hydrogen) atoms. The number of sulfonamides is 1. The van der Waals surface area contributed by atoms with Crippen LogP contribution in [0.5, 0.6) is 0 Å². The lowest BCUT2D eigenvalue weighted by molar-refractivity contribution is 0.600. The predicted molar refractivity (Wildman–Crippen MR) is 78.1 cm³/mol. The quantitative estimate of drug-likeness (QED) is 0.843. The van der Waals surface area contributed by atoms with Gasteiger partial charge in [0.15, 0.2) is 0 Å². The van der Waals surface area contributed by atoms with E-state index < -0.39 is 15.8 Å². The van der Waals surface area contributed by atoms with Crippen LogP contribution in [0.15, 0.2) is 41.3 Å². The molecule has 106 valence electrons. The number of halogens is 3. The number of nitrogens with one attached hydrogen (secondary N) is 1. The molecule has 0 amide bonds. The highest BCUT2D eigenvalue weighted by atomic mass is 35.5. The molecule has 0 aromatic heterocycles. The number of nitrogen functional groups attached to an aromatic ring is 1. The third-order valence-electron chi connectivity index (χ3n) is 2.43. The summed E-state index contributed by atoms with van der Waals surface area (Å²) in [6.45, 7) is 0. The number of nitrogens with two attached hydrogens (primary N) is 1. The maximum absolute atomic E-state index is 12.9. The topological polar surface area (TPSA) is 72.2 Å². The molecule has 3 N–H and O–H groups in total. The van der Waals surface area contributed by atoms with Crippen molar-refractivity contribution in [1.29, 1.82) is 0 Å². The van der Waals surface area contributed by atoms with Crippen molar-refractivity contribution in [1.82, 2.24) is 0 Å². The summed E-state index contributed by atoms with van der Waals surface area (Å²) in [7, 11) is -3.98. The highest BCUT2D eigenvalue weighted by Gasteiger charge is 2.19. The summed E-state index contributed by atoms with van der Waals surface area (Å²) < 4.78 is 39.6. The van der Waals surface area contributed by atoms with Gasteiger partial charge in [0, 0.05) is 5.02 Å². The van der Waals surface area contributed by atoms with E-state index in [-0.39, 0.29) is 21.3 Å². The van der Waals surface area contributed by atoms with Crippen molar-refractivity contribution in [3.05, 3.63) is 52.3 Å². The van der Waals surface area contributed by atoms with E-state index in [1.54, 1.807) is 0 Å². The Morgan fingerprint density at radius 2 is 1.80 bits per heavy atom. The van der Waals surface area contributed by atoms with Crippen molar-refractivity contribution < 1.29 is 12.8 Å². The van der Waals surface area contributed by atoms with E-state index in [1.165, 1.54) is 18.2 Å². The zero-order chi connectivity index (χ0) is 14.9. The molecule has 0 aliphatic rings. The smallest absolute Gasteiger partial charge is 0.263 e. The zero-order valence-corrected chi connectivity index (χ0v) is 12.2. The summed E-state index contributed by atoms with van der Waals surface area (Å²) in [5.41, 5.74) is 5.43. The fraction of sp³-hybridized carbons (Fsp3) is 0. The van der Waals surface area contributed by atoms with Gasteiger partial charge in [0.25, 0.3) is 10.0 Å². The van der Waals surface area contributed by atoms with E-state index in [2.05, 4.69) is 4.72 Å². The van der Waals surface area contributed by atoms with E-state index in [9.17, 15) is 12.8 Å². The van der Waals surface area contributed by atoms with Crippen LogP contribution in [0.25, 0.3) is 0 Å². The van der Waals surface area contributed by atoms with Gasteiger partial charge in [-0.25, -0.2) is 12.8 Å². The molecule has 4 nitrogen and oxygen atoms in total. The van der Waals surface area contributed by atoms with Crippen molar-refractivity contribution in [2.45, 2.75) is 4.90 Å². The van der Waals surface area contributed by atoms with Gasteiger partial charge in [-0.2, -0.15) is 0 Å². The Labute approximate surface area is 125 Å². The lowest BCUT2D eigenvalue weighted by Gasteiger charge is -2.11. The molecule has 0 fully saturated rings. The van der Waals surface area contributed by atoms with Crippen LogP contribution < -0.4 is 10.5 Å². The summed E-state index contributed by atoms with van der Waals surface area (Å²) in [5, 5.41) is 0.498. The first kappa shape index (κ1) is 14.9. The maximum Gasteiger partial charge on any atom is 0.263 e. The molecule has 0 radical (unpaired) electrons. The van der Waals surface area contributed by atoms with Crippen molar-refractivity contribution in [2.75, 3.05) is 10.5 Å². The Kier molecular flexibility index (Phi) is 4.08. The molecule has 0 heterocycles. The summed E-state index contributed by atoms with van der Waals surface area (Å²) in [5.74, 6) is -0.623. The molecule has 0 spiro atoms. The van der Waals surface area contributed by atoms with Gasteiger partial charge in [-0.3, -0.25) is 4.72 Å². The molecule has 0 aliphatic heterocycles. The van der Waals surface area contributed by atoms with Gasteiger partial charge in [-0.05, 0) is 36.4 Å². The van der Waals surface area contributed by atoms with Gasteiger partial charge in [-0.15, -0.1) is 0 Å². The van der Waals surface area contributed by atoms with Gasteiger partial charge < -0.3 is 5.73 Å². The second-order valence-electron chi connectivity index (χ2n) is 3.91. The van der Waals surface area contributed by atoms with Crippen LogP contribution in [0, 0.1) is 5.82 Å². The average Bonchev–Trinajstić information content (AvgIpc) is 2.33. The van der Waals surface area contributed by atoms with E-state index in [4.69, 9.17) is 28.9 Å². The average molecular weight is 335 g/mol. The zero-order valence-electron chi connectivity index (χ0n) is 9.90. The minimum Gasteiger partial charge on any atom is -0.398 e. The summed E-state index contributed by atoms with van der Waals surface area (Å²) in [6.07, 6.45) is 0. The Hall–Kier alpha value is -1.50. The molecule has 8 heteroatoms. The normalized spacial score (nSPS) is 11.3. The van der Waals surface area contributed by atoms with Gasteiger partial charge in [0.2, 0.25) is 0 Å². The molecule has 0 atom stereocenters. The summed E-state index contributed by atoms with van der Waals surface area (Å²) in [6, 6.07) is 7.34. The van der Waals surface area contributed by atoms with Crippen LogP contribution in [0.4, 0.5) is 15.8 Å². The van der Waals surface area contributed by atoms with Gasteiger partial charge in [0.1, 0.15) is 10.7 Å². The number of hydrogen-bond donors (Lipinski definition) is 2. The number of benzene rings is 2. The second-order valence-corrected chi connectivity index (χ2v) is 6.41. The van der Waals surface area contributed by atoms with Gasteiger partial charge in [0.05, 0.1) is 16.4 Å². The molecule has 0 bridgehead atoms. The third kappa shape index (κ3) is 3.15. The lowest BCUT2D eigenvalue weighted by Crippen LogP contribution is -2.15. The standard InChI is InChI=1S/C12H9Cl2FN2O2S/c13-7-1-3-9(14)11(5-7)17-20(18,19)12-4-2-8(15)6-10(12)16/h1-6,17H,16H2. The van der Waals surface area contributed by atoms with Crippen molar-refractivity contribution in [3.63, 3.8) is 0 Å². The van der Waals surface area contributed by atoms with Crippen molar-refractivity contribution in [3.8, 4) is 0 Å². The lowest BCUT2D eigenvalue weighted by atomic mass is 10.3. The third-order valence-corrected chi connectivity index (χ3v) is 4.44. The molecular weight excluding hydrogens is 326 g/mol. The van der Waals surface area contributed by atoms with E-state index >= 15 is 0 Å². The highest BCUT2D eigenvalue weighted by Crippen LogP contribution is 2.29. The maximum atomic E-state index is 12.9. The molecule has 0 saturated carbocycles. The minimum atomic E-state index is -3.98. The first-order valence-electron chi connectivity index (χ1n) is 5.32. The molecule has 0 unspecified atom stereocenters. The van der Waals surface area contributed by atoms with Gasteiger partial charge in [-0.1, -0.05) is 23.2 Å². The molecule has 2 aromatic rings. The first-order chi connectivity index (χ1) is 9.29. The van der Waals surface area contributed by atoms with Crippen LogP contribution >= 0.6 is 23.2 Å². The SMILES string of the molecule is Nc1cc(F)ccc1S(=O)(=O)Nc1cc(Cl)ccc1Cl. The number of anilines is 2. The van der Waals surface area contributed by atoms with E-state index in [1.807, 2.05) is 0 Å². The molecular formula is C12H9Cl2FN2O2S. The molecule has 0 saturated heterocycles. The van der Waals surface area contributed by atoms with Crippen LogP contribution in [0.1, 0.15) is 0 Å². The minimum absolute atomic E-state index is 0.114. The monoisotopic (exact) mass is 334 g/mol. The number of hydrogen-bond acceptors (Lipinski definition) is 3. The predicted octanol–water partition coefficient (Wildman–Crippen LogP) is 3.52. The first-order valence-corrected chi connectivity index (χ1v) is 7.56. The van der Waals surface area contributed by atoms with Crippen molar-refractivity contribution >= 4 is 44.6 Å². The molecule has 0 aliphatic carbocycles.